The third-order valence-electron chi connectivity index (χ3n) is 2.03. The molecule has 0 saturated heterocycles. The van der Waals surface area contributed by atoms with Gasteiger partial charge in [-0.2, -0.15) is 0 Å². The Labute approximate surface area is 85.5 Å². The quantitative estimate of drug-likeness (QED) is 0.749. The van der Waals surface area contributed by atoms with Crippen LogP contribution >= 0.6 is 11.3 Å². The van der Waals surface area contributed by atoms with Crippen molar-refractivity contribution in [2.75, 3.05) is 11.9 Å². The molecule has 0 unspecified atom stereocenters. The molecule has 1 aliphatic rings. The lowest BCUT2D eigenvalue weighted by Gasteiger charge is -2.32. The van der Waals surface area contributed by atoms with Crippen molar-refractivity contribution in [3.8, 4) is 5.75 Å². The number of aromatic carboxylic acids is 1. The lowest BCUT2D eigenvalue weighted by molar-refractivity contribution is 0.0700. The highest BCUT2D eigenvalue weighted by Gasteiger charge is 2.30. The molecule has 0 atom stereocenters. The molecule has 2 heterocycles. The summed E-state index contributed by atoms with van der Waals surface area (Å²) in [6.07, 6.45) is 0. The van der Waals surface area contributed by atoms with Gasteiger partial charge in [-0.25, -0.2) is 4.79 Å². The number of ether oxygens (including phenoxy) is 1. The average molecular weight is 213 g/mol. The summed E-state index contributed by atoms with van der Waals surface area (Å²) >= 11 is 1.19. The molecular weight excluding hydrogens is 202 g/mol. The lowest BCUT2D eigenvalue weighted by Crippen LogP contribution is -2.39. The van der Waals surface area contributed by atoms with E-state index >= 15 is 0 Å². The van der Waals surface area contributed by atoms with E-state index in [2.05, 4.69) is 5.32 Å². The van der Waals surface area contributed by atoms with Crippen molar-refractivity contribution in [2.24, 2.45) is 0 Å². The molecule has 0 aliphatic carbocycles. The second kappa shape index (κ2) is 2.88. The van der Waals surface area contributed by atoms with E-state index in [0.717, 1.165) is 0 Å². The Kier molecular flexibility index (Phi) is 1.92. The number of thiophene rings is 1. The zero-order valence-corrected chi connectivity index (χ0v) is 8.77. The predicted octanol–water partition coefficient (Wildman–Crippen LogP) is 2.03. The van der Waals surface area contributed by atoms with E-state index in [1.54, 1.807) is 5.38 Å². The van der Waals surface area contributed by atoms with Crippen LogP contribution in [-0.2, 0) is 0 Å². The minimum Gasteiger partial charge on any atom is -0.483 e. The molecule has 76 valence electrons. The fourth-order valence-electron chi connectivity index (χ4n) is 1.38. The van der Waals surface area contributed by atoms with Crippen LogP contribution in [0.5, 0.6) is 5.75 Å². The first-order valence-electron chi connectivity index (χ1n) is 4.27. The summed E-state index contributed by atoms with van der Waals surface area (Å²) in [6.45, 7) is 4.54. The van der Waals surface area contributed by atoms with Crippen LogP contribution in [0.2, 0.25) is 0 Å². The second-order valence-electron chi connectivity index (χ2n) is 3.82. The van der Waals surface area contributed by atoms with Crippen molar-refractivity contribution >= 4 is 23.0 Å². The molecule has 0 amide bonds. The van der Waals surface area contributed by atoms with Gasteiger partial charge in [-0.15, -0.1) is 11.3 Å². The van der Waals surface area contributed by atoms with Crippen LogP contribution < -0.4 is 10.1 Å². The molecule has 0 aromatic carbocycles. The molecule has 14 heavy (non-hydrogen) atoms. The predicted molar refractivity (Wildman–Crippen MR) is 54.5 cm³/mol. The van der Waals surface area contributed by atoms with Crippen molar-refractivity contribution in [3.05, 3.63) is 10.3 Å². The number of hydrogen-bond acceptors (Lipinski definition) is 4. The van der Waals surface area contributed by atoms with Gasteiger partial charge in [-0.05, 0) is 13.8 Å². The number of nitrogens with one attached hydrogen (secondary N) is 1. The first-order chi connectivity index (χ1) is 6.49. The first kappa shape index (κ1) is 9.33. The van der Waals surface area contributed by atoms with Crippen LogP contribution in [0.15, 0.2) is 5.38 Å². The summed E-state index contributed by atoms with van der Waals surface area (Å²) in [5.41, 5.74) is 0.339. The molecule has 0 bridgehead atoms. The molecule has 5 heteroatoms. The second-order valence-corrected chi connectivity index (χ2v) is 4.70. The number of anilines is 1. The highest BCUT2D eigenvalue weighted by molar-refractivity contribution is 7.13. The summed E-state index contributed by atoms with van der Waals surface area (Å²) in [7, 11) is 0. The number of fused-ring (bicyclic) bond motifs is 1. The summed E-state index contributed by atoms with van der Waals surface area (Å²) in [6, 6.07) is 0. The van der Waals surface area contributed by atoms with Gasteiger partial charge in [0.25, 0.3) is 0 Å². The lowest BCUT2D eigenvalue weighted by atomic mass is 10.1. The first-order valence-corrected chi connectivity index (χ1v) is 5.15. The van der Waals surface area contributed by atoms with Gasteiger partial charge in [-0.1, -0.05) is 0 Å². The van der Waals surface area contributed by atoms with E-state index in [1.165, 1.54) is 11.3 Å². The zero-order chi connectivity index (χ0) is 10.3. The molecule has 1 aliphatic heterocycles. The number of rotatable bonds is 1. The topological polar surface area (TPSA) is 58.6 Å². The molecule has 2 rings (SSSR count). The Morgan fingerprint density at radius 3 is 3.07 bits per heavy atom. The Hall–Kier alpha value is -1.23. The minimum atomic E-state index is -0.910. The average Bonchev–Trinajstić information content (AvgIpc) is 2.44. The molecule has 4 nitrogen and oxygen atoms in total. The summed E-state index contributed by atoms with van der Waals surface area (Å²) < 4.78 is 5.63. The maximum absolute atomic E-state index is 10.8. The van der Waals surface area contributed by atoms with Crippen LogP contribution in [-0.4, -0.2) is 23.2 Å². The number of carbonyl (C=O) groups is 1. The van der Waals surface area contributed by atoms with Gasteiger partial charge >= 0.3 is 5.97 Å². The van der Waals surface area contributed by atoms with Crippen molar-refractivity contribution in [1.82, 2.24) is 0 Å². The van der Waals surface area contributed by atoms with Crippen molar-refractivity contribution in [1.29, 1.82) is 0 Å². The smallest absolute Gasteiger partial charge is 0.348 e. The molecule has 0 radical (unpaired) electrons. The zero-order valence-electron chi connectivity index (χ0n) is 7.96. The fraction of sp³-hybridized carbons (Fsp3) is 0.444. The molecule has 0 fully saturated rings. The van der Waals surface area contributed by atoms with Gasteiger partial charge in [-0.3, -0.25) is 0 Å². The third kappa shape index (κ3) is 1.43. The van der Waals surface area contributed by atoms with Crippen molar-refractivity contribution < 1.29 is 14.6 Å². The van der Waals surface area contributed by atoms with E-state index < -0.39 is 5.97 Å². The van der Waals surface area contributed by atoms with Gasteiger partial charge in [0.15, 0.2) is 5.75 Å². The van der Waals surface area contributed by atoms with Gasteiger partial charge in [0.05, 0.1) is 6.54 Å². The van der Waals surface area contributed by atoms with Crippen molar-refractivity contribution in [2.45, 2.75) is 19.4 Å². The van der Waals surface area contributed by atoms with Gasteiger partial charge in [0.2, 0.25) is 0 Å². The monoisotopic (exact) mass is 213 g/mol. The van der Waals surface area contributed by atoms with Gasteiger partial charge in [0, 0.05) is 5.38 Å². The largest absolute Gasteiger partial charge is 0.483 e. The highest BCUT2D eigenvalue weighted by Crippen LogP contribution is 2.40. The van der Waals surface area contributed by atoms with Crippen LogP contribution in [0.3, 0.4) is 0 Å². The number of carboxylic acid groups (broad SMARTS) is 1. The van der Waals surface area contributed by atoms with Crippen LogP contribution in [0.25, 0.3) is 0 Å². The van der Waals surface area contributed by atoms with E-state index in [4.69, 9.17) is 9.84 Å². The van der Waals surface area contributed by atoms with E-state index in [0.29, 0.717) is 22.9 Å². The molecule has 0 spiro atoms. The van der Waals surface area contributed by atoms with Crippen molar-refractivity contribution in [3.63, 3.8) is 0 Å². The Bertz CT molecular complexity index is 383. The van der Waals surface area contributed by atoms with Crippen LogP contribution in [0.1, 0.15) is 23.5 Å². The molecule has 1 aromatic rings. The van der Waals surface area contributed by atoms with E-state index in [-0.39, 0.29) is 5.60 Å². The molecule has 1 aromatic heterocycles. The normalized spacial score (nSPS) is 17.9. The maximum Gasteiger partial charge on any atom is 0.348 e. The number of hydrogen-bond donors (Lipinski definition) is 2. The Balaban J connectivity index is 2.39. The minimum absolute atomic E-state index is 0.274. The van der Waals surface area contributed by atoms with Gasteiger partial charge in [0.1, 0.15) is 16.2 Å². The molecular formula is C9H11NO3S. The highest BCUT2D eigenvalue weighted by atomic mass is 32.1. The summed E-state index contributed by atoms with van der Waals surface area (Å²) in [5, 5.41) is 13.7. The van der Waals surface area contributed by atoms with E-state index in [9.17, 15) is 4.79 Å². The van der Waals surface area contributed by atoms with E-state index in [1.807, 2.05) is 13.8 Å². The molecule has 2 N–H and O–H groups in total. The van der Waals surface area contributed by atoms with Crippen LogP contribution in [0, 0.1) is 0 Å². The van der Waals surface area contributed by atoms with Crippen LogP contribution in [0.4, 0.5) is 5.69 Å². The summed E-state index contributed by atoms with van der Waals surface area (Å²) in [5.74, 6) is -0.268. The maximum atomic E-state index is 10.8. The fourth-order valence-corrected chi connectivity index (χ4v) is 2.16. The number of carboxylic acids is 1. The summed E-state index contributed by atoms with van der Waals surface area (Å²) in [4.78, 5) is 11.1. The van der Waals surface area contributed by atoms with Gasteiger partial charge < -0.3 is 15.2 Å². The standard InChI is InChI=1S/C9H11NO3S/c1-9(2)4-10-6-5(13-9)3-14-7(6)8(11)12/h3,10H,4H2,1-2H3,(H,11,12). The Morgan fingerprint density at radius 2 is 2.43 bits per heavy atom. The SMILES string of the molecule is CC1(C)CNc2c(csc2C(=O)O)O1. The molecule has 0 saturated carbocycles. The Morgan fingerprint density at radius 1 is 1.71 bits per heavy atom. The third-order valence-corrected chi connectivity index (χ3v) is 2.98.